The van der Waals surface area contributed by atoms with Crippen molar-refractivity contribution in [2.75, 3.05) is 39.5 Å². The molecule has 0 bridgehead atoms. The van der Waals surface area contributed by atoms with Crippen LogP contribution in [-0.4, -0.2) is 84.5 Å². The van der Waals surface area contributed by atoms with Crippen LogP contribution in [0.1, 0.15) is 61.3 Å². The zero-order valence-corrected chi connectivity index (χ0v) is 23.0. The Hall–Kier alpha value is -0.510. The van der Waals surface area contributed by atoms with Gasteiger partial charge in [-0.1, -0.05) is 48.3 Å². The molecule has 7 heteroatoms. The fourth-order valence-electron chi connectivity index (χ4n) is 2.99. The summed E-state index contributed by atoms with van der Waals surface area (Å²) in [7, 11) is 0.868. The highest BCUT2D eigenvalue weighted by Gasteiger charge is 2.28. The van der Waals surface area contributed by atoms with Crippen molar-refractivity contribution in [2.24, 2.45) is 5.92 Å². The first kappa shape index (κ1) is 33.7. The molecule has 1 aliphatic heterocycles. The first-order valence-corrected chi connectivity index (χ1v) is 13.3. The van der Waals surface area contributed by atoms with Crippen molar-refractivity contribution < 1.29 is 14.9 Å². The summed E-state index contributed by atoms with van der Waals surface area (Å²) in [5.74, 6) is 7.21. The standard InChI is InChI=1S/C14H27N2P.C9H21NO3.C2H4/c1-12(2)6-9-14(3,4)16-10-7-13(8-11-16)15-17-5;1-7(2)10-4-9(12)6-13-5-8(3)11;1-2/h12-13,15,17H,7-8,10-11H2,1-5H3;7-12H,4-6H2,1-3H3;1-2H2. The maximum atomic E-state index is 9.34. The molecule has 0 aromatic rings. The van der Waals surface area contributed by atoms with Gasteiger partial charge in [-0.05, 0) is 40.3 Å². The van der Waals surface area contributed by atoms with Crippen LogP contribution in [0.4, 0.5) is 0 Å². The third-order valence-corrected chi connectivity index (χ3v) is 5.43. The van der Waals surface area contributed by atoms with Crippen molar-refractivity contribution in [1.29, 1.82) is 0 Å². The summed E-state index contributed by atoms with van der Waals surface area (Å²) >= 11 is 0. The van der Waals surface area contributed by atoms with Crippen molar-refractivity contribution in [2.45, 2.75) is 91.1 Å². The molecule has 1 rings (SSSR count). The smallest absolute Gasteiger partial charge is 0.0897 e. The molecule has 6 nitrogen and oxygen atoms in total. The topological polar surface area (TPSA) is 77.0 Å². The average molecular weight is 474 g/mol. The van der Waals surface area contributed by atoms with E-state index in [4.69, 9.17) is 9.84 Å². The number of rotatable bonds is 10. The Kier molecular flexibility index (Phi) is 20.9. The van der Waals surface area contributed by atoms with E-state index in [-0.39, 0.29) is 18.8 Å². The lowest BCUT2D eigenvalue weighted by Crippen LogP contribution is -2.49. The van der Waals surface area contributed by atoms with E-state index in [0.717, 1.165) is 14.8 Å². The lowest BCUT2D eigenvalue weighted by molar-refractivity contribution is -0.00189. The van der Waals surface area contributed by atoms with Gasteiger partial charge in [0.25, 0.3) is 0 Å². The van der Waals surface area contributed by atoms with Crippen LogP contribution in [0.5, 0.6) is 0 Å². The molecular formula is C25H52N3O3P. The molecule has 0 aliphatic carbocycles. The van der Waals surface area contributed by atoms with E-state index in [1.54, 1.807) is 6.92 Å². The van der Waals surface area contributed by atoms with E-state index in [0.29, 0.717) is 18.5 Å². The van der Waals surface area contributed by atoms with Crippen molar-refractivity contribution >= 4 is 8.73 Å². The highest BCUT2D eigenvalue weighted by molar-refractivity contribution is 7.34. The van der Waals surface area contributed by atoms with E-state index in [9.17, 15) is 5.11 Å². The van der Waals surface area contributed by atoms with Gasteiger partial charge in [-0.3, -0.25) is 9.99 Å². The average Bonchev–Trinajstić information content (AvgIpc) is 2.73. The van der Waals surface area contributed by atoms with Crippen molar-refractivity contribution in [1.82, 2.24) is 15.3 Å². The van der Waals surface area contributed by atoms with E-state index in [2.05, 4.69) is 74.7 Å². The number of aliphatic hydroxyl groups is 2. The molecule has 1 fully saturated rings. The normalized spacial score (nSPS) is 17.2. The van der Waals surface area contributed by atoms with Gasteiger partial charge in [0.05, 0.1) is 31.0 Å². The second kappa shape index (κ2) is 19.9. The highest BCUT2D eigenvalue weighted by Crippen LogP contribution is 2.21. The fraction of sp³-hybridized carbons (Fsp3) is 0.840. The van der Waals surface area contributed by atoms with Crippen LogP contribution >= 0.6 is 8.73 Å². The lowest BCUT2D eigenvalue weighted by Gasteiger charge is -2.40. The van der Waals surface area contributed by atoms with Crippen LogP contribution in [0.3, 0.4) is 0 Å². The maximum Gasteiger partial charge on any atom is 0.0897 e. The first-order valence-electron chi connectivity index (χ1n) is 11.8. The van der Waals surface area contributed by atoms with Crippen molar-refractivity contribution in [3.63, 3.8) is 0 Å². The minimum Gasteiger partial charge on any atom is -0.391 e. The van der Waals surface area contributed by atoms with Gasteiger partial charge in [0, 0.05) is 37.6 Å². The molecule has 0 spiro atoms. The Labute approximate surface area is 200 Å². The molecule has 0 aromatic carbocycles. The molecule has 4 N–H and O–H groups in total. The number of nitrogens with zero attached hydrogens (tertiary/aromatic N) is 1. The molecule has 0 amide bonds. The summed E-state index contributed by atoms with van der Waals surface area (Å²) in [6.45, 7) is 26.1. The van der Waals surface area contributed by atoms with Gasteiger partial charge in [-0.2, -0.15) is 0 Å². The van der Waals surface area contributed by atoms with Crippen molar-refractivity contribution in [3.8, 4) is 11.8 Å². The van der Waals surface area contributed by atoms with E-state index in [1.165, 1.54) is 25.9 Å². The number of likely N-dealkylation sites (tertiary alicyclic amines) is 1. The molecule has 0 saturated carbocycles. The van der Waals surface area contributed by atoms with Crippen LogP contribution in [0.15, 0.2) is 13.2 Å². The predicted molar refractivity (Wildman–Crippen MR) is 142 cm³/mol. The second-order valence-corrected chi connectivity index (χ2v) is 10.0. The largest absolute Gasteiger partial charge is 0.391 e. The Bertz CT molecular complexity index is 496. The molecule has 0 aromatic heterocycles. The van der Waals surface area contributed by atoms with Gasteiger partial charge >= 0.3 is 0 Å². The Morgan fingerprint density at radius 3 is 2.09 bits per heavy atom. The van der Waals surface area contributed by atoms with Gasteiger partial charge in [0.2, 0.25) is 0 Å². The van der Waals surface area contributed by atoms with Gasteiger partial charge in [0.15, 0.2) is 0 Å². The fourth-order valence-corrected chi connectivity index (χ4v) is 3.69. The molecule has 1 aliphatic rings. The zero-order chi connectivity index (χ0) is 25.2. The Balaban J connectivity index is 0. The highest BCUT2D eigenvalue weighted by atomic mass is 31.1. The third kappa shape index (κ3) is 19.0. The third-order valence-electron chi connectivity index (χ3n) is 4.73. The Morgan fingerprint density at radius 1 is 1.09 bits per heavy atom. The summed E-state index contributed by atoms with van der Waals surface area (Å²) in [6.07, 6.45) is 1.55. The summed E-state index contributed by atoms with van der Waals surface area (Å²) in [5.41, 5.74) is 0.0315. The van der Waals surface area contributed by atoms with E-state index >= 15 is 0 Å². The molecule has 0 radical (unpaired) electrons. The van der Waals surface area contributed by atoms with Crippen LogP contribution in [0, 0.1) is 17.8 Å². The quantitative estimate of drug-likeness (QED) is 0.222. The van der Waals surface area contributed by atoms with Gasteiger partial charge in [-0.25, -0.2) is 0 Å². The van der Waals surface area contributed by atoms with Crippen LogP contribution in [-0.2, 0) is 4.74 Å². The van der Waals surface area contributed by atoms with Gasteiger partial charge in [0.1, 0.15) is 0 Å². The van der Waals surface area contributed by atoms with Crippen molar-refractivity contribution in [3.05, 3.63) is 13.2 Å². The first-order chi connectivity index (χ1) is 15.0. The number of piperidine rings is 1. The molecule has 3 atom stereocenters. The molecule has 3 unspecified atom stereocenters. The number of aliphatic hydroxyl groups excluding tert-OH is 2. The number of ether oxygens (including phenoxy) is 1. The van der Waals surface area contributed by atoms with Crippen LogP contribution in [0.25, 0.3) is 0 Å². The number of hydrogen-bond acceptors (Lipinski definition) is 6. The minimum absolute atomic E-state index is 0.0315. The molecule has 190 valence electrons. The number of nitrogens with one attached hydrogen (secondary N) is 2. The van der Waals surface area contributed by atoms with Gasteiger partial charge < -0.3 is 20.3 Å². The number of hydrogen-bond donors (Lipinski definition) is 4. The van der Waals surface area contributed by atoms with E-state index in [1.807, 2.05) is 13.8 Å². The zero-order valence-electron chi connectivity index (χ0n) is 22.0. The second-order valence-electron chi connectivity index (χ2n) is 9.24. The summed E-state index contributed by atoms with van der Waals surface area (Å²) in [4.78, 5) is 2.53. The minimum atomic E-state index is -0.499. The lowest BCUT2D eigenvalue weighted by atomic mass is 9.96. The summed E-state index contributed by atoms with van der Waals surface area (Å²) in [5, 5.41) is 24.9. The molecular weight excluding hydrogens is 421 g/mol. The monoisotopic (exact) mass is 473 g/mol. The SMILES string of the molecule is C=C.CC(O)COCC(O)CNC(C)C.CPNC1CCN(C(C)(C)C#CC(C)C)CC1. The van der Waals surface area contributed by atoms with E-state index < -0.39 is 12.2 Å². The van der Waals surface area contributed by atoms with Gasteiger partial charge in [-0.15, -0.1) is 13.2 Å². The van der Waals surface area contributed by atoms with Crippen LogP contribution < -0.4 is 10.4 Å². The maximum absolute atomic E-state index is 9.34. The summed E-state index contributed by atoms with van der Waals surface area (Å²) < 4.78 is 5.05. The Morgan fingerprint density at radius 2 is 1.66 bits per heavy atom. The summed E-state index contributed by atoms with van der Waals surface area (Å²) in [6, 6.07) is 1.09. The predicted octanol–water partition coefficient (Wildman–Crippen LogP) is 3.25. The van der Waals surface area contributed by atoms with Crippen LogP contribution in [0.2, 0.25) is 0 Å². The molecule has 1 saturated heterocycles. The molecule has 1 heterocycles. The molecule has 32 heavy (non-hydrogen) atoms.